The highest BCUT2D eigenvalue weighted by Gasteiger charge is 2.30. The van der Waals surface area contributed by atoms with Crippen LogP contribution in [-0.2, 0) is 0 Å². The van der Waals surface area contributed by atoms with Crippen molar-refractivity contribution in [1.82, 2.24) is 5.32 Å². The van der Waals surface area contributed by atoms with Crippen LogP contribution in [0.3, 0.4) is 0 Å². The van der Waals surface area contributed by atoms with Crippen molar-refractivity contribution in [3.63, 3.8) is 0 Å². The third-order valence-corrected chi connectivity index (χ3v) is 2.95. The van der Waals surface area contributed by atoms with E-state index < -0.39 is 5.66 Å². The van der Waals surface area contributed by atoms with Crippen molar-refractivity contribution in [3.8, 4) is 0 Å². The van der Waals surface area contributed by atoms with Gasteiger partial charge in [-0.1, -0.05) is 6.07 Å². The second-order valence-corrected chi connectivity index (χ2v) is 4.60. The molecule has 16 heavy (non-hydrogen) atoms. The Hall–Kier alpha value is -1.13. The number of anilines is 1. The zero-order valence-electron chi connectivity index (χ0n) is 9.46. The standard InChI is InChI=1S/C12H18FN3/c1-9-8-12(14,5-6-15-9)16-11-4-2-3-10(13)7-11/h2-4,7,9,15-16H,5-6,8,14H2,1H3/t9-,12?/m0/s1. The van der Waals surface area contributed by atoms with Crippen molar-refractivity contribution >= 4 is 5.69 Å². The van der Waals surface area contributed by atoms with Crippen LogP contribution in [0.1, 0.15) is 19.8 Å². The minimum Gasteiger partial charge on any atom is -0.367 e. The fraction of sp³-hybridized carbons (Fsp3) is 0.500. The third-order valence-electron chi connectivity index (χ3n) is 2.95. The summed E-state index contributed by atoms with van der Waals surface area (Å²) in [5.74, 6) is -0.240. The predicted octanol–water partition coefficient (Wildman–Crippen LogP) is 1.66. The molecule has 1 aromatic carbocycles. The maximum atomic E-state index is 13.0. The van der Waals surface area contributed by atoms with Gasteiger partial charge in [-0.15, -0.1) is 0 Å². The Morgan fingerprint density at radius 3 is 3.06 bits per heavy atom. The topological polar surface area (TPSA) is 50.1 Å². The average Bonchev–Trinajstić information content (AvgIpc) is 2.16. The van der Waals surface area contributed by atoms with Crippen LogP contribution in [0.4, 0.5) is 10.1 Å². The lowest BCUT2D eigenvalue weighted by Crippen LogP contribution is -2.57. The Morgan fingerprint density at radius 2 is 2.38 bits per heavy atom. The summed E-state index contributed by atoms with van der Waals surface area (Å²) in [6.45, 7) is 2.99. The van der Waals surface area contributed by atoms with Gasteiger partial charge in [0, 0.05) is 11.7 Å². The van der Waals surface area contributed by atoms with Gasteiger partial charge < -0.3 is 16.4 Å². The first-order valence-electron chi connectivity index (χ1n) is 5.63. The minimum absolute atomic E-state index is 0.240. The highest BCUT2D eigenvalue weighted by Crippen LogP contribution is 2.22. The number of piperidine rings is 1. The number of benzene rings is 1. The summed E-state index contributed by atoms with van der Waals surface area (Å²) in [6.07, 6.45) is 1.68. The van der Waals surface area contributed by atoms with Crippen molar-refractivity contribution in [2.24, 2.45) is 5.73 Å². The van der Waals surface area contributed by atoms with Crippen LogP contribution >= 0.6 is 0 Å². The van der Waals surface area contributed by atoms with Gasteiger partial charge in [-0.3, -0.25) is 0 Å². The highest BCUT2D eigenvalue weighted by molar-refractivity contribution is 5.45. The van der Waals surface area contributed by atoms with Gasteiger partial charge in [-0.05, 0) is 44.5 Å². The van der Waals surface area contributed by atoms with E-state index in [1.807, 2.05) is 6.07 Å². The van der Waals surface area contributed by atoms with Crippen molar-refractivity contribution in [1.29, 1.82) is 0 Å². The van der Waals surface area contributed by atoms with Crippen LogP contribution in [0.15, 0.2) is 24.3 Å². The fourth-order valence-corrected chi connectivity index (χ4v) is 2.23. The van der Waals surface area contributed by atoms with E-state index in [1.165, 1.54) is 12.1 Å². The van der Waals surface area contributed by atoms with Gasteiger partial charge in [0.25, 0.3) is 0 Å². The van der Waals surface area contributed by atoms with Crippen molar-refractivity contribution in [2.45, 2.75) is 31.5 Å². The highest BCUT2D eigenvalue weighted by atomic mass is 19.1. The second-order valence-electron chi connectivity index (χ2n) is 4.60. The smallest absolute Gasteiger partial charge is 0.125 e. The van der Waals surface area contributed by atoms with E-state index >= 15 is 0 Å². The first-order chi connectivity index (χ1) is 7.57. The third kappa shape index (κ3) is 2.71. The Labute approximate surface area is 95.2 Å². The van der Waals surface area contributed by atoms with E-state index in [-0.39, 0.29) is 5.82 Å². The number of halogens is 1. The van der Waals surface area contributed by atoms with E-state index in [0.29, 0.717) is 6.04 Å². The van der Waals surface area contributed by atoms with Crippen LogP contribution in [0.2, 0.25) is 0 Å². The summed E-state index contributed by atoms with van der Waals surface area (Å²) in [4.78, 5) is 0. The average molecular weight is 223 g/mol. The molecule has 1 saturated heterocycles. The quantitative estimate of drug-likeness (QED) is 0.668. The molecule has 1 fully saturated rings. The minimum atomic E-state index is -0.432. The molecule has 0 aromatic heterocycles. The van der Waals surface area contributed by atoms with Crippen LogP contribution < -0.4 is 16.4 Å². The first kappa shape index (κ1) is 11.4. The zero-order chi connectivity index (χ0) is 11.6. The molecule has 1 aromatic rings. The second kappa shape index (κ2) is 4.39. The lowest BCUT2D eigenvalue weighted by molar-refractivity contribution is 0.295. The molecule has 1 aliphatic rings. The van der Waals surface area contributed by atoms with Crippen LogP contribution in [0, 0.1) is 5.82 Å². The monoisotopic (exact) mass is 223 g/mol. The van der Waals surface area contributed by atoms with Gasteiger partial charge in [-0.2, -0.15) is 0 Å². The summed E-state index contributed by atoms with van der Waals surface area (Å²) in [5, 5.41) is 6.57. The first-order valence-corrected chi connectivity index (χ1v) is 5.63. The molecule has 2 atom stereocenters. The fourth-order valence-electron chi connectivity index (χ4n) is 2.23. The molecule has 0 amide bonds. The molecule has 4 N–H and O–H groups in total. The van der Waals surface area contributed by atoms with Gasteiger partial charge in [0.1, 0.15) is 5.82 Å². The van der Waals surface area contributed by atoms with E-state index in [1.54, 1.807) is 6.07 Å². The summed E-state index contributed by atoms with van der Waals surface area (Å²) >= 11 is 0. The molecule has 3 nitrogen and oxygen atoms in total. The van der Waals surface area contributed by atoms with Gasteiger partial charge >= 0.3 is 0 Å². The summed E-state index contributed by atoms with van der Waals surface area (Å²) in [7, 11) is 0. The Bertz CT molecular complexity index is 369. The Kier molecular flexibility index (Phi) is 3.12. The molecule has 0 aliphatic carbocycles. The Balaban J connectivity index is 2.08. The Morgan fingerprint density at radius 1 is 1.56 bits per heavy atom. The molecule has 0 spiro atoms. The molecule has 0 radical (unpaired) electrons. The van der Waals surface area contributed by atoms with Crippen molar-refractivity contribution in [3.05, 3.63) is 30.1 Å². The number of nitrogens with two attached hydrogens (primary N) is 1. The van der Waals surface area contributed by atoms with Crippen LogP contribution in [-0.4, -0.2) is 18.2 Å². The lowest BCUT2D eigenvalue weighted by atomic mass is 9.93. The summed E-state index contributed by atoms with van der Waals surface area (Å²) in [6, 6.07) is 6.82. The zero-order valence-corrected chi connectivity index (χ0v) is 9.46. The van der Waals surface area contributed by atoms with E-state index in [9.17, 15) is 4.39 Å². The van der Waals surface area contributed by atoms with Crippen LogP contribution in [0.25, 0.3) is 0 Å². The molecule has 1 heterocycles. The van der Waals surface area contributed by atoms with Gasteiger partial charge in [0.2, 0.25) is 0 Å². The van der Waals surface area contributed by atoms with E-state index in [0.717, 1.165) is 25.1 Å². The number of nitrogens with one attached hydrogen (secondary N) is 2. The van der Waals surface area contributed by atoms with Crippen LogP contribution in [0.5, 0.6) is 0 Å². The van der Waals surface area contributed by atoms with Gasteiger partial charge in [0.15, 0.2) is 0 Å². The molecule has 1 aliphatic heterocycles. The number of rotatable bonds is 2. The summed E-state index contributed by atoms with van der Waals surface area (Å²) < 4.78 is 13.0. The molecule has 1 unspecified atom stereocenters. The SMILES string of the molecule is C[C@H]1CC(N)(Nc2cccc(F)c2)CCN1. The maximum absolute atomic E-state index is 13.0. The lowest BCUT2D eigenvalue weighted by Gasteiger charge is -2.38. The molecule has 2 rings (SSSR count). The molecule has 4 heteroatoms. The van der Waals surface area contributed by atoms with Crippen molar-refractivity contribution in [2.75, 3.05) is 11.9 Å². The molecular formula is C12H18FN3. The molecule has 0 saturated carbocycles. The molecule has 88 valence electrons. The number of hydrogen-bond donors (Lipinski definition) is 3. The van der Waals surface area contributed by atoms with Gasteiger partial charge in [-0.25, -0.2) is 4.39 Å². The predicted molar refractivity (Wildman–Crippen MR) is 63.6 cm³/mol. The molecule has 0 bridgehead atoms. The largest absolute Gasteiger partial charge is 0.367 e. The summed E-state index contributed by atoms with van der Waals surface area (Å²) in [5.41, 5.74) is 6.57. The van der Waals surface area contributed by atoms with E-state index in [2.05, 4.69) is 17.6 Å². The maximum Gasteiger partial charge on any atom is 0.125 e. The van der Waals surface area contributed by atoms with Gasteiger partial charge in [0.05, 0.1) is 5.66 Å². The number of hydrogen-bond acceptors (Lipinski definition) is 3. The van der Waals surface area contributed by atoms with Crippen molar-refractivity contribution < 1.29 is 4.39 Å². The van der Waals surface area contributed by atoms with E-state index in [4.69, 9.17) is 5.73 Å². The molecular weight excluding hydrogens is 205 g/mol. The normalized spacial score (nSPS) is 30.1.